The second kappa shape index (κ2) is 9.12. The fraction of sp³-hybridized carbons (Fsp3) is 0.600. The van der Waals surface area contributed by atoms with Crippen molar-refractivity contribution in [2.24, 2.45) is 0 Å². The van der Waals surface area contributed by atoms with E-state index in [4.69, 9.17) is 9.90 Å². The van der Waals surface area contributed by atoms with Crippen LogP contribution in [0.3, 0.4) is 0 Å². The number of thioether (sulfide) groups is 1. The molecule has 1 atom stereocenters. The van der Waals surface area contributed by atoms with Crippen LogP contribution in [-0.4, -0.2) is 47.5 Å². The van der Waals surface area contributed by atoms with Gasteiger partial charge >= 0.3 is 6.18 Å². The van der Waals surface area contributed by atoms with Crippen molar-refractivity contribution in [3.8, 4) is 0 Å². The molecule has 2 N–H and O–H groups in total. The number of hydrogen-bond acceptors (Lipinski definition) is 5. The number of aliphatic carboxylic acids is 1. The van der Waals surface area contributed by atoms with Gasteiger partial charge in [-0.2, -0.15) is 13.2 Å². The van der Waals surface area contributed by atoms with Crippen LogP contribution in [0.1, 0.15) is 26.3 Å². The zero-order chi connectivity index (χ0) is 18.3. The van der Waals surface area contributed by atoms with Crippen molar-refractivity contribution in [2.45, 2.75) is 38.0 Å². The number of nitrogens with zero attached hydrogens (tertiary/aromatic N) is 2. The third kappa shape index (κ3) is 6.56. The summed E-state index contributed by atoms with van der Waals surface area (Å²) in [6.07, 6.45) is -4.35. The Labute approximate surface area is 143 Å². The molecule has 0 amide bonds. The highest BCUT2D eigenvalue weighted by atomic mass is 32.2. The summed E-state index contributed by atoms with van der Waals surface area (Å²) < 4.78 is 38.8. The largest absolute Gasteiger partial charge is 0.481 e. The molecule has 1 saturated heterocycles. The molecule has 24 heavy (non-hydrogen) atoms. The van der Waals surface area contributed by atoms with E-state index in [1.807, 2.05) is 11.8 Å². The summed E-state index contributed by atoms with van der Waals surface area (Å²) in [5.74, 6) is 0.361. The van der Waals surface area contributed by atoms with Crippen LogP contribution in [0, 0.1) is 0 Å². The highest BCUT2D eigenvalue weighted by Crippen LogP contribution is 2.36. The van der Waals surface area contributed by atoms with Gasteiger partial charge in [0.25, 0.3) is 5.97 Å². The van der Waals surface area contributed by atoms with Crippen LogP contribution in [0.25, 0.3) is 0 Å². The smallest absolute Gasteiger partial charge is 0.419 e. The number of carboxylic acid groups (broad SMARTS) is 1. The number of carbonyl (C=O) groups is 1. The van der Waals surface area contributed by atoms with E-state index >= 15 is 0 Å². The standard InChI is InChI=1S/C13H18F3N3S.C2H4O2/c1-3-20-12-10(13(14,15)16)4-5-11(18-12)19-7-6-17-9(2)8-19;1-2(3)4/h4-5,9,17H,3,6-8H2,1-2H3;1H3,(H,3,4)/t9-;/m0./s1. The van der Waals surface area contributed by atoms with Gasteiger partial charge in [-0.25, -0.2) is 4.98 Å². The van der Waals surface area contributed by atoms with Gasteiger partial charge in [0.05, 0.1) is 5.56 Å². The van der Waals surface area contributed by atoms with Crippen LogP contribution < -0.4 is 10.2 Å². The van der Waals surface area contributed by atoms with Crippen molar-refractivity contribution in [3.05, 3.63) is 17.7 Å². The molecule has 1 aliphatic rings. The van der Waals surface area contributed by atoms with Crippen LogP contribution in [0.5, 0.6) is 0 Å². The lowest BCUT2D eigenvalue weighted by atomic mass is 10.2. The van der Waals surface area contributed by atoms with E-state index in [1.165, 1.54) is 6.07 Å². The number of halogens is 3. The summed E-state index contributed by atoms with van der Waals surface area (Å²) in [7, 11) is 0. The molecule has 1 fully saturated rings. The van der Waals surface area contributed by atoms with E-state index in [9.17, 15) is 13.2 Å². The fourth-order valence-electron chi connectivity index (χ4n) is 2.21. The van der Waals surface area contributed by atoms with E-state index in [0.717, 1.165) is 44.4 Å². The molecule has 1 aromatic heterocycles. The highest BCUT2D eigenvalue weighted by molar-refractivity contribution is 7.99. The molecule has 0 aliphatic carbocycles. The van der Waals surface area contributed by atoms with Gasteiger partial charge < -0.3 is 15.3 Å². The van der Waals surface area contributed by atoms with Gasteiger partial charge in [0.1, 0.15) is 10.8 Å². The van der Waals surface area contributed by atoms with E-state index in [1.54, 1.807) is 0 Å². The average molecular weight is 365 g/mol. The number of alkyl halides is 3. The molecule has 0 unspecified atom stereocenters. The molecule has 0 saturated carbocycles. The summed E-state index contributed by atoms with van der Waals surface area (Å²) in [6, 6.07) is 2.93. The molecule has 1 aromatic rings. The Balaban J connectivity index is 0.000000648. The Hall–Kier alpha value is -1.48. The monoisotopic (exact) mass is 365 g/mol. The van der Waals surface area contributed by atoms with Crippen molar-refractivity contribution in [3.63, 3.8) is 0 Å². The molecule has 5 nitrogen and oxygen atoms in total. The molecule has 136 valence electrons. The van der Waals surface area contributed by atoms with Crippen molar-refractivity contribution in [1.82, 2.24) is 10.3 Å². The Kier molecular flexibility index (Phi) is 7.82. The van der Waals surface area contributed by atoms with Crippen LogP contribution in [0.4, 0.5) is 19.0 Å². The Bertz CT molecular complexity index is 551. The first-order chi connectivity index (χ1) is 11.1. The van der Waals surface area contributed by atoms with E-state index < -0.39 is 17.7 Å². The zero-order valence-electron chi connectivity index (χ0n) is 13.9. The van der Waals surface area contributed by atoms with E-state index in [-0.39, 0.29) is 5.03 Å². The predicted molar refractivity (Wildman–Crippen MR) is 88.6 cm³/mol. The van der Waals surface area contributed by atoms with Gasteiger partial charge in [-0.15, -0.1) is 11.8 Å². The normalized spacial score (nSPS) is 17.9. The van der Waals surface area contributed by atoms with Crippen molar-refractivity contribution in [1.29, 1.82) is 0 Å². The lowest BCUT2D eigenvalue weighted by Crippen LogP contribution is -2.49. The summed E-state index contributed by atoms with van der Waals surface area (Å²) in [4.78, 5) is 15.3. The third-order valence-corrected chi connectivity index (χ3v) is 4.00. The second-order valence-electron chi connectivity index (χ2n) is 5.27. The summed E-state index contributed by atoms with van der Waals surface area (Å²) in [5, 5.41) is 10.8. The van der Waals surface area contributed by atoms with Gasteiger partial charge in [-0.3, -0.25) is 4.79 Å². The number of aromatic nitrogens is 1. The molecule has 2 rings (SSSR count). The molecular formula is C15H22F3N3O2S. The number of hydrogen-bond donors (Lipinski definition) is 2. The summed E-state index contributed by atoms with van der Waals surface area (Å²) in [6.45, 7) is 7.30. The van der Waals surface area contributed by atoms with Gasteiger partial charge in [0, 0.05) is 32.6 Å². The van der Waals surface area contributed by atoms with Gasteiger partial charge in [-0.1, -0.05) is 6.92 Å². The van der Waals surface area contributed by atoms with Gasteiger partial charge in [0.15, 0.2) is 0 Å². The van der Waals surface area contributed by atoms with Crippen LogP contribution in [0.15, 0.2) is 17.2 Å². The van der Waals surface area contributed by atoms with E-state index in [0.29, 0.717) is 17.6 Å². The van der Waals surface area contributed by atoms with Crippen LogP contribution in [0.2, 0.25) is 0 Å². The number of carboxylic acids is 1. The number of piperazine rings is 1. The van der Waals surface area contributed by atoms with Crippen molar-refractivity contribution >= 4 is 23.5 Å². The first-order valence-electron chi connectivity index (χ1n) is 7.54. The summed E-state index contributed by atoms with van der Waals surface area (Å²) >= 11 is 1.13. The fourth-order valence-corrected chi connectivity index (χ4v) is 2.98. The SMILES string of the molecule is CC(=O)O.CCSc1nc(N2CCN[C@@H](C)C2)ccc1C(F)(F)F. The maximum absolute atomic E-state index is 12.9. The van der Waals surface area contributed by atoms with Gasteiger partial charge in [-0.05, 0) is 24.8 Å². The minimum absolute atomic E-state index is 0.0729. The Morgan fingerprint density at radius 1 is 1.50 bits per heavy atom. The molecule has 0 radical (unpaired) electrons. The quantitative estimate of drug-likeness (QED) is 0.803. The lowest BCUT2D eigenvalue weighted by Gasteiger charge is -2.33. The van der Waals surface area contributed by atoms with E-state index in [2.05, 4.69) is 17.2 Å². The molecule has 2 heterocycles. The third-order valence-electron chi connectivity index (χ3n) is 3.12. The Morgan fingerprint density at radius 2 is 2.12 bits per heavy atom. The average Bonchev–Trinajstić information content (AvgIpc) is 2.46. The number of anilines is 1. The summed E-state index contributed by atoms with van der Waals surface area (Å²) in [5.41, 5.74) is -0.642. The Morgan fingerprint density at radius 3 is 2.62 bits per heavy atom. The number of rotatable bonds is 3. The minimum atomic E-state index is -4.35. The lowest BCUT2D eigenvalue weighted by molar-refractivity contribution is -0.140. The molecule has 9 heteroatoms. The minimum Gasteiger partial charge on any atom is -0.481 e. The molecular weight excluding hydrogens is 343 g/mol. The molecule has 0 bridgehead atoms. The second-order valence-corrected chi connectivity index (χ2v) is 6.53. The topological polar surface area (TPSA) is 65.5 Å². The first-order valence-corrected chi connectivity index (χ1v) is 8.52. The number of pyridine rings is 1. The first kappa shape index (κ1) is 20.6. The number of nitrogens with one attached hydrogen (secondary N) is 1. The maximum Gasteiger partial charge on any atom is 0.419 e. The molecule has 1 aliphatic heterocycles. The zero-order valence-corrected chi connectivity index (χ0v) is 14.7. The van der Waals surface area contributed by atoms with Crippen LogP contribution >= 0.6 is 11.8 Å². The highest BCUT2D eigenvalue weighted by Gasteiger charge is 2.34. The van der Waals surface area contributed by atoms with Crippen molar-refractivity contribution < 1.29 is 23.1 Å². The molecule has 0 aromatic carbocycles. The predicted octanol–water partition coefficient (Wildman–Crippen LogP) is 3.10. The van der Waals surface area contributed by atoms with Crippen molar-refractivity contribution in [2.75, 3.05) is 30.3 Å². The van der Waals surface area contributed by atoms with Gasteiger partial charge in [0.2, 0.25) is 0 Å². The van der Waals surface area contributed by atoms with Crippen LogP contribution in [-0.2, 0) is 11.0 Å². The molecule has 0 spiro atoms. The maximum atomic E-state index is 12.9.